The molecule has 0 spiro atoms. The van der Waals surface area contributed by atoms with E-state index < -0.39 is 5.97 Å². The maximum atomic E-state index is 11.4. The Bertz CT molecular complexity index is 662. The summed E-state index contributed by atoms with van der Waals surface area (Å²) >= 11 is 11.6. The standard InChI is InChI=1S/C13H12Cl2N4O2/c1-8(2)21-12(20)3-4-19-7-16-13(18-19)9-5-10(14)17-11(15)6-9/h3-8H,1-2H3/b4-3+. The van der Waals surface area contributed by atoms with Gasteiger partial charge in [0.1, 0.15) is 16.6 Å². The van der Waals surface area contributed by atoms with Gasteiger partial charge in [-0.05, 0) is 26.0 Å². The lowest BCUT2D eigenvalue weighted by Crippen LogP contribution is -2.08. The Hall–Kier alpha value is -1.92. The van der Waals surface area contributed by atoms with Crippen LogP contribution in [0.1, 0.15) is 13.8 Å². The van der Waals surface area contributed by atoms with Crippen molar-refractivity contribution in [2.45, 2.75) is 20.0 Å². The molecule has 110 valence electrons. The molecular weight excluding hydrogens is 315 g/mol. The average Bonchev–Trinajstić information content (AvgIpc) is 2.83. The lowest BCUT2D eigenvalue weighted by atomic mass is 10.2. The molecule has 0 aromatic carbocycles. The molecule has 0 fully saturated rings. The fourth-order valence-corrected chi connectivity index (χ4v) is 1.94. The van der Waals surface area contributed by atoms with Gasteiger partial charge in [0, 0.05) is 17.8 Å². The van der Waals surface area contributed by atoms with E-state index in [1.807, 2.05) is 0 Å². The Morgan fingerprint density at radius 2 is 2.00 bits per heavy atom. The predicted octanol–water partition coefficient (Wildman–Crippen LogP) is 3.07. The summed E-state index contributed by atoms with van der Waals surface area (Å²) in [4.78, 5) is 19.3. The number of rotatable bonds is 4. The summed E-state index contributed by atoms with van der Waals surface area (Å²) in [5.74, 6) is -0.0277. The number of halogens is 2. The molecule has 0 aliphatic heterocycles. The van der Waals surface area contributed by atoms with E-state index in [0.717, 1.165) is 0 Å². The van der Waals surface area contributed by atoms with Crippen LogP contribution in [-0.2, 0) is 9.53 Å². The second-order valence-corrected chi connectivity index (χ2v) is 5.13. The first-order valence-corrected chi connectivity index (χ1v) is 6.83. The van der Waals surface area contributed by atoms with E-state index in [9.17, 15) is 4.79 Å². The van der Waals surface area contributed by atoms with Crippen LogP contribution in [0.4, 0.5) is 0 Å². The molecule has 0 saturated heterocycles. The van der Waals surface area contributed by atoms with Gasteiger partial charge in [-0.2, -0.15) is 0 Å². The van der Waals surface area contributed by atoms with Crippen molar-refractivity contribution in [3.8, 4) is 11.4 Å². The van der Waals surface area contributed by atoms with E-state index >= 15 is 0 Å². The fraction of sp³-hybridized carbons (Fsp3) is 0.231. The number of pyridine rings is 1. The van der Waals surface area contributed by atoms with Crippen molar-refractivity contribution in [2.75, 3.05) is 0 Å². The number of nitrogens with zero attached hydrogens (tertiary/aromatic N) is 4. The van der Waals surface area contributed by atoms with E-state index in [1.165, 1.54) is 23.3 Å². The Labute approximate surface area is 131 Å². The summed E-state index contributed by atoms with van der Waals surface area (Å²) in [6.45, 7) is 3.55. The highest BCUT2D eigenvalue weighted by Crippen LogP contribution is 2.21. The van der Waals surface area contributed by atoms with E-state index in [1.54, 1.807) is 26.0 Å². The van der Waals surface area contributed by atoms with E-state index in [-0.39, 0.29) is 16.4 Å². The second-order valence-electron chi connectivity index (χ2n) is 4.35. The molecule has 6 nitrogen and oxygen atoms in total. The zero-order valence-electron chi connectivity index (χ0n) is 11.3. The van der Waals surface area contributed by atoms with Crippen molar-refractivity contribution in [1.29, 1.82) is 0 Å². The van der Waals surface area contributed by atoms with Crippen LogP contribution in [0.15, 0.2) is 24.5 Å². The lowest BCUT2D eigenvalue weighted by Gasteiger charge is -2.03. The van der Waals surface area contributed by atoms with Crippen molar-refractivity contribution in [1.82, 2.24) is 19.7 Å². The molecule has 0 bridgehead atoms. The van der Waals surface area contributed by atoms with Gasteiger partial charge in [0.25, 0.3) is 0 Å². The SMILES string of the molecule is CC(C)OC(=O)/C=C/n1cnc(-c2cc(Cl)nc(Cl)c2)n1. The topological polar surface area (TPSA) is 69.9 Å². The summed E-state index contributed by atoms with van der Waals surface area (Å²) < 4.78 is 6.35. The van der Waals surface area contributed by atoms with Gasteiger partial charge in [-0.3, -0.25) is 0 Å². The number of hydrogen-bond acceptors (Lipinski definition) is 5. The molecule has 21 heavy (non-hydrogen) atoms. The molecule has 0 radical (unpaired) electrons. The van der Waals surface area contributed by atoms with Gasteiger partial charge in [-0.15, -0.1) is 5.10 Å². The largest absolute Gasteiger partial charge is 0.460 e. The van der Waals surface area contributed by atoms with Crippen LogP contribution in [0.2, 0.25) is 10.3 Å². The molecule has 0 atom stereocenters. The smallest absolute Gasteiger partial charge is 0.332 e. The highest BCUT2D eigenvalue weighted by Gasteiger charge is 2.07. The molecule has 0 aliphatic carbocycles. The highest BCUT2D eigenvalue weighted by molar-refractivity contribution is 6.32. The third-order valence-corrected chi connectivity index (χ3v) is 2.63. The first kappa shape index (κ1) is 15.5. The molecule has 0 amide bonds. The first-order valence-electron chi connectivity index (χ1n) is 6.07. The third-order valence-electron chi connectivity index (χ3n) is 2.24. The van der Waals surface area contributed by atoms with Crippen LogP contribution in [0, 0.1) is 0 Å². The number of hydrogen-bond donors (Lipinski definition) is 0. The maximum Gasteiger partial charge on any atom is 0.332 e. The number of carbonyl (C=O) groups excluding carboxylic acids is 1. The zero-order valence-corrected chi connectivity index (χ0v) is 12.8. The molecule has 8 heteroatoms. The van der Waals surface area contributed by atoms with Gasteiger partial charge in [0.2, 0.25) is 0 Å². The molecule has 0 unspecified atom stereocenters. The Kier molecular flexibility index (Phi) is 4.93. The Morgan fingerprint density at radius 1 is 1.33 bits per heavy atom. The van der Waals surface area contributed by atoms with E-state index in [4.69, 9.17) is 27.9 Å². The average molecular weight is 327 g/mol. The Morgan fingerprint density at radius 3 is 2.62 bits per heavy atom. The predicted molar refractivity (Wildman–Crippen MR) is 79.8 cm³/mol. The lowest BCUT2D eigenvalue weighted by molar-refractivity contribution is -0.141. The van der Waals surface area contributed by atoms with Gasteiger partial charge >= 0.3 is 5.97 Å². The van der Waals surface area contributed by atoms with Crippen LogP contribution in [-0.4, -0.2) is 31.8 Å². The van der Waals surface area contributed by atoms with Gasteiger partial charge in [-0.25, -0.2) is 19.4 Å². The molecule has 2 heterocycles. The monoisotopic (exact) mass is 326 g/mol. The third kappa shape index (κ3) is 4.54. The van der Waals surface area contributed by atoms with Gasteiger partial charge in [0.15, 0.2) is 5.82 Å². The molecule has 2 rings (SSSR count). The van der Waals surface area contributed by atoms with Crippen molar-refractivity contribution >= 4 is 35.4 Å². The normalized spacial score (nSPS) is 11.3. The maximum absolute atomic E-state index is 11.4. The zero-order chi connectivity index (χ0) is 15.4. The first-order chi connectivity index (χ1) is 9.94. The van der Waals surface area contributed by atoms with Crippen molar-refractivity contribution in [3.05, 3.63) is 34.8 Å². The molecule has 0 N–H and O–H groups in total. The van der Waals surface area contributed by atoms with Crippen LogP contribution < -0.4 is 0 Å². The highest BCUT2D eigenvalue weighted by atomic mass is 35.5. The second kappa shape index (κ2) is 6.69. The number of ether oxygens (including phenoxy) is 1. The van der Waals surface area contributed by atoms with Crippen LogP contribution >= 0.6 is 23.2 Å². The van der Waals surface area contributed by atoms with Gasteiger partial charge in [-0.1, -0.05) is 23.2 Å². The Balaban J connectivity index is 2.14. The summed E-state index contributed by atoms with van der Waals surface area (Å²) in [6.07, 6.45) is 4.00. The molecular formula is C13H12Cl2N4O2. The van der Waals surface area contributed by atoms with Crippen LogP contribution in [0.5, 0.6) is 0 Å². The van der Waals surface area contributed by atoms with E-state index in [0.29, 0.717) is 11.4 Å². The fourth-order valence-electron chi connectivity index (χ4n) is 1.48. The minimum atomic E-state index is -0.447. The van der Waals surface area contributed by atoms with E-state index in [2.05, 4.69) is 15.1 Å². The summed E-state index contributed by atoms with van der Waals surface area (Å²) in [5.41, 5.74) is 0.636. The van der Waals surface area contributed by atoms with Gasteiger partial charge < -0.3 is 4.74 Å². The van der Waals surface area contributed by atoms with Crippen molar-refractivity contribution in [3.63, 3.8) is 0 Å². The minimum absolute atomic E-state index is 0.172. The molecule has 2 aromatic rings. The van der Waals surface area contributed by atoms with Crippen LogP contribution in [0.3, 0.4) is 0 Å². The molecule has 0 saturated carbocycles. The molecule has 2 aromatic heterocycles. The van der Waals surface area contributed by atoms with Gasteiger partial charge in [0.05, 0.1) is 6.10 Å². The number of aromatic nitrogens is 4. The van der Waals surface area contributed by atoms with Crippen molar-refractivity contribution in [2.24, 2.45) is 0 Å². The minimum Gasteiger partial charge on any atom is -0.460 e. The summed E-state index contributed by atoms with van der Waals surface area (Å²) in [7, 11) is 0. The van der Waals surface area contributed by atoms with Crippen molar-refractivity contribution < 1.29 is 9.53 Å². The molecule has 0 aliphatic rings. The summed E-state index contributed by atoms with van der Waals surface area (Å²) in [5, 5.41) is 4.69. The summed E-state index contributed by atoms with van der Waals surface area (Å²) in [6, 6.07) is 3.20. The van der Waals surface area contributed by atoms with Crippen LogP contribution in [0.25, 0.3) is 17.6 Å². The number of esters is 1. The quantitative estimate of drug-likeness (QED) is 0.490. The number of carbonyl (C=O) groups is 1.